The number of nitrogens with one attached hydrogen (secondary N) is 1. The smallest absolute Gasteiger partial charge is 0.407 e. The van der Waals surface area contributed by atoms with E-state index in [9.17, 15) is 24.0 Å². The topological polar surface area (TPSA) is 173 Å². The number of carbonyl (C=O) groups is 5. The Balaban J connectivity index is 0.000000392. The molecule has 0 aromatic heterocycles. The fraction of sp³-hybridized carbons (Fsp3) is 0.731. The number of carbonyl (C=O) groups excluding carboxylic acids is 3. The predicted octanol–water partition coefficient (Wildman–Crippen LogP) is 2.54. The van der Waals surface area contributed by atoms with E-state index in [0.717, 1.165) is 32.1 Å². The summed E-state index contributed by atoms with van der Waals surface area (Å²) in [5.41, 5.74) is 5.02. The van der Waals surface area contributed by atoms with Crippen molar-refractivity contribution in [2.24, 2.45) is 40.2 Å². The second kappa shape index (κ2) is 11.1. The molecule has 0 radical (unpaired) electrons. The van der Waals surface area contributed by atoms with Crippen molar-refractivity contribution in [2.45, 2.75) is 71.3 Å². The zero-order chi connectivity index (χ0) is 26.7. The Hall–Kier alpha value is -2.75. The number of rotatable bonds is 5. The van der Waals surface area contributed by atoms with Crippen molar-refractivity contribution < 1.29 is 38.9 Å². The van der Waals surface area contributed by atoms with E-state index < -0.39 is 29.6 Å². The van der Waals surface area contributed by atoms with Crippen molar-refractivity contribution in [1.82, 2.24) is 5.32 Å². The molecule has 0 saturated heterocycles. The number of hydrogen-bond donors (Lipinski definition) is 4. The number of ketones is 2. The van der Waals surface area contributed by atoms with Crippen LogP contribution >= 0.6 is 0 Å². The molecule has 0 spiro atoms. The molecule has 200 valence electrons. The molecule has 7 atom stereocenters. The first-order valence-corrected chi connectivity index (χ1v) is 12.8. The van der Waals surface area contributed by atoms with Crippen LogP contribution in [0.2, 0.25) is 0 Å². The van der Waals surface area contributed by atoms with Crippen molar-refractivity contribution in [2.75, 3.05) is 13.1 Å². The Bertz CT molecular complexity index is 917. The second-order valence-corrected chi connectivity index (χ2v) is 11.0. The number of alkyl carbamates (subject to hydrolysis) is 1. The third-order valence-corrected chi connectivity index (χ3v) is 9.08. The van der Waals surface area contributed by atoms with Gasteiger partial charge in [-0.05, 0) is 42.9 Å². The molecule has 0 aromatic carbocycles. The Morgan fingerprint density at radius 3 is 2.33 bits per heavy atom. The van der Waals surface area contributed by atoms with Gasteiger partial charge in [0.15, 0.2) is 0 Å². The molecule has 10 nitrogen and oxygen atoms in total. The van der Waals surface area contributed by atoms with Gasteiger partial charge in [-0.15, -0.1) is 0 Å². The minimum atomic E-state index is -1.26. The molecule has 36 heavy (non-hydrogen) atoms. The first-order chi connectivity index (χ1) is 16.9. The molecule has 5 N–H and O–H groups in total. The number of carboxylic acids is 2. The number of fused-ring (bicyclic) bond motifs is 5. The van der Waals surface area contributed by atoms with Gasteiger partial charge in [0, 0.05) is 55.3 Å². The highest BCUT2D eigenvalue weighted by Crippen LogP contribution is 2.65. The summed E-state index contributed by atoms with van der Waals surface area (Å²) in [7, 11) is 0. The van der Waals surface area contributed by atoms with Crippen molar-refractivity contribution in [1.29, 1.82) is 0 Å². The summed E-state index contributed by atoms with van der Waals surface area (Å²) < 4.78 is 5.73. The lowest BCUT2D eigenvalue weighted by atomic mass is 9.45. The van der Waals surface area contributed by atoms with E-state index in [1.54, 1.807) is 0 Å². The van der Waals surface area contributed by atoms with Crippen LogP contribution in [0.4, 0.5) is 4.79 Å². The summed E-state index contributed by atoms with van der Waals surface area (Å²) in [5.74, 6) is -1.24. The normalized spacial score (nSPS) is 37.1. The molecule has 4 aliphatic rings. The minimum absolute atomic E-state index is 0.0393. The number of nitrogens with two attached hydrogens (primary N) is 1. The van der Waals surface area contributed by atoms with E-state index in [1.165, 1.54) is 6.42 Å². The molecule has 4 aliphatic carbocycles. The first-order valence-electron chi connectivity index (χ1n) is 12.8. The maximum absolute atomic E-state index is 13.1. The van der Waals surface area contributed by atoms with Crippen LogP contribution in [0.1, 0.15) is 65.2 Å². The van der Waals surface area contributed by atoms with Gasteiger partial charge in [0.25, 0.3) is 0 Å². The highest BCUT2D eigenvalue weighted by molar-refractivity contribution is 5.90. The molecule has 4 fully saturated rings. The number of amides is 1. The first kappa shape index (κ1) is 27.8. The van der Waals surface area contributed by atoms with Crippen molar-refractivity contribution >= 4 is 29.6 Å². The van der Waals surface area contributed by atoms with E-state index in [-0.39, 0.29) is 35.4 Å². The number of ether oxygens (including phenoxy) is 1. The molecule has 1 amide bonds. The zero-order valence-corrected chi connectivity index (χ0v) is 21.0. The van der Waals surface area contributed by atoms with Crippen molar-refractivity contribution in [3.63, 3.8) is 0 Å². The van der Waals surface area contributed by atoms with Crippen LogP contribution in [-0.2, 0) is 23.9 Å². The van der Waals surface area contributed by atoms with E-state index in [1.807, 2.05) is 6.92 Å². The van der Waals surface area contributed by atoms with Crippen LogP contribution in [0.15, 0.2) is 12.2 Å². The molecule has 0 aromatic rings. The van der Waals surface area contributed by atoms with Gasteiger partial charge in [-0.1, -0.05) is 26.7 Å². The summed E-state index contributed by atoms with van der Waals surface area (Å²) in [6.07, 6.45) is 7.31. The van der Waals surface area contributed by atoms with E-state index in [2.05, 4.69) is 12.2 Å². The summed E-state index contributed by atoms with van der Waals surface area (Å²) in [5, 5.41) is 18.3. The zero-order valence-electron chi connectivity index (χ0n) is 21.0. The third kappa shape index (κ3) is 5.48. The molecular weight excluding hydrogens is 468 g/mol. The predicted molar refractivity (Wildman–Crippen MR) is 129 cm³/mol. The van der Waals surface area contributed by atoms with Gasteiger partial charge in [-0.3, -0.25) is 9.59 Å². The fourth-order valence-corrected chi connectivity index (χ4v) is 7.52. The standard InChI is InChI=1S/C22H34N2O4.C4H4O4/c1-21-7-4-3-5-15(21)16(25)11-13-14(21)6-8-22(2)18(26)12-17(19(13)22)28-20(27)24-10-9-23;5-3(6)1-2-4(7)8/h13-15,17,19H,3-12,23H2,1-2H3,(H,24,27);1-2H,(H,5,6)(H,7,8)/t13-,14+,15-,17?,19-,21-,22-;/m1./s1. The van der Waals surface area contributed by atoms with Gasteiger partial charge in [0.2, 0.25) is 0 Å². The average Bonchev–Trinajstić information content (AvgIpc) is 3.06. The molecular formula is C26H38N2O8. The summed E-state index contributed by atoms with van der Waals surface area (Å²) in [4.78, 5) is 57.4. The Kier molecular flexibility index (Phi) is 8.59. The molecule has 4 rings (SSSR count). The molecule has 4 saturated carbocycles. The van der Waals surface area contributed by atoms with Gasteiger partial charge in [-0.25, -0.2) is 14.4 Å². The Morgan fingerprint density at radius 1 is 1.06 bits per heavy atom. The molecule has 0 heterocycles. The van der Waals surface area contributed by atoms with Gasteiger partial charge in [0.05, 0.1) is 0 Å². The number of aliphatic carboxylic acids is 2. The van der Waals surface area contributed by atoms with Crippen LogP contribution in [-0.4, -0.2) is 59.0 Å². The number of Topliss-reactive ketones (excluding diaryl/α,β-unsaturated/α-hetero) is 2. The fourth-order valence-electron chi connectivity index (χ4n) is 7.52. The lowest BCUT2D eigenvalue weighted by Crippen LogP contribution is -2.57. The lowest BCUT2D eigenvalue weighted by Gasteiger charge is -2.59. The third-order valence-electron chi connectivity index (χ3n) is 9.08. The lowest BCUT2D eigenvalue weighted by molar-refractivity contribution is -0.159. The van der Waals surface area contributed by atoms with Gasteiger partial charge >= 0.3 is 18.0 Å². The highest BCUT2D eigenvalue weighted by atomic mass is 16.6. The van der Waals surface area contributed by atoms with Crippen LogP contribution in [0, 0.1) is 34.5 Å². The Morgan fingerprint density at radius 2 is 1.72 bits per heavy atom. The largest absolute Gasteiger partial charge is 0.478 e. The number of carboxylic acid groups (broad SMARTS) is 2. The Labute approximate surface area is 211 Å². The highest BCUT2D eigenvalue weighted by Gasteiger charge is 2.65. The summed E-state index contributed by atoms with van der Waals surface area (Å²) >= 11 is 0. The maximum atomic E-state index is 13.1. The summed E-state index contributed by atoms with van der Waals surface area (Å²) in [6.45, 7) is 5.05. The van der Waals surface area contributed by atoms with Crippen molar-refractivity contribution in [3.8, 4) is 0 Å². The van der Waals surface area contributed by atoms with E-state index in [0.29, 0.717) is 43.4 Å². The summed E-state index contributed by atoms with van der Waals surface area (Å²) in [6, 6.07) is 0. The SMILES string of the molecule is C[C@]12CCCC[C@@H]1C(=O)C[C@@H]1[C@@H]2CC[C@]2(C)C(=O)CC(OC(=O)NCCN)[C@@H]12.O=C(O)C=CC(=O)O. The van der Waals surface area contributed by atoms with Crippen LogP contribution in [0.25, 0.3) is 0 Å². The van der Waals surface area contributed by atoms with Crippen LogP contribution in [0.5, 0.6) is 0 Å². The van der Waals surface area contributed by atoms with Crippen LogP contribution < -0.4 is 11.1 Å². The van der Waals surface area contributed by atoms with Gasteiger partial charge in [-0.2, -0.15) is 0 Å². The van der Waals surface area contributed by atoms with Crippen molar-refractivity contribution in [3.05, 3.63) is 12.2 Å². The molecule has 0 aliphatic heterocycles. The average molecular weight is 507 g/mol. The van der Waals surface area contributed by atoms with E-state index in [4.69, 9.17) is 20.7 Å². The second-order valence-electron chi connectivity index (χ2n) is 11.0. The monoisotopic (exact) mass is 506 g/mol. The van der Waals surface area contributed by atoms with Gasteiger partial charge < -0.3 is 26.0 Å². The van der Waals surface area contributed by atoms with E-state index >= 15 is 0 Å². The molecule has 1 unspecified atom stereocenters. The maximum Gasteiger partial charge on any atom is 0.407 e. The van der Waals surface area contributed by atoms with Crippen LogP contribution in [0.3, 0.4) is 0 Å². The quantitative estimate of drug-likeness (QED) is 0.409. The molecule has 0 bridgehead atoms. The van der Waals surface area contributed by atoms with Gasteiger partial charge in [0.1, 0.15) is 17.7 Å². The minimum Gasteiger partial charge on any atom is -0.478 e. The number of hydrogen-bond acceptors (Lipinski definition) is 7. The molecule has 10 heteroatoms.